The van der Waals surface area contributed by atoms with Crippen LogP contribution in [0.15, 0.2) is 48.7 Å². The third-order valence-electron chi connectivity index (χ3n) is 5.07. The van der Waals surface area contributed by atoms with Gasteiger partial charge in [0, 0.05) is 49.8 Å². The standard InChI is InChI=1S/C20H20N4OS/c25-15-5-6-17-16(11-15)14(12-21-17)13-23-7-9-24(10-8-23)20-22-18-3-1-2-4-19(18)26-20/h1-6,11-12,21,25H,7-10,13H2. The number of nitrogens with one attached hydrogen (secondary N) is 1. The number of aromatic nitrogens is 2. The normalized spacial score (nSPS) is 15.9. The summed E-state index contributed by atoms with van der Waals surface area (Å²) in [4.78, 5) is 12.9. The number of rotatable bonds is 3. The van der Waals surface area contributed by atoms with Gasteiger partial charge in [-0.1, -0.05) is 23.5 Å². The van der Waals surface area contributed by atoms with Crippen LogP contribution in [0.25, 0.3) is 21.1 Å². The predicted molar refractivity (Wildman–Crippen MR) is 107 cm³/mol. The van der Waals surface area contributed by atoms with Crippen molar-refractivity contribution < 1.29 is 5.11 Å². The molecule has 2 N–H and O–H groups in total. The van der Waals surface area contributed by atoms with E-state index in [4.69, 9.17) is 4.98 Å². The largest absolute Gasteiger partial charge is 0.508 e. The molecule has 5 rings (SSSR count). The second kappa shape index (κ2) is 6.30. The minimum absolute atomic E-state index is 0.319. The molecule has 2 aromatic carbocycles. The topological polar surface area (TPSA) is 55.4 Å². The number of hydrogen-bond acceptors (Lipinski definition) is 5. The molecule has 1 aliphatic rings. The highest BCUT2D eigenvalue weighted by Crippen LogP contribution is 2.29. The van der Waals surface area contributed by atoms with Gasteiger partial charge in [0.1, 0.15) is 5.75 Å². The van der Waals surface area contributed by atoms with Crippen LogP contribution in [0.2, 0.25) is 0 Å². The average Bonchev–Trinajstić information content (AvgIpc) is 3.26. The van der Waals surface area contributed by atoms with Crippen molar-refractivity contribution in [1.29, 1.82) is 0 Å². The minimum atomic E-state index is 0.319. The zero-order valence-corrected chi connectivity index (χ0v) is 15.2. The van der Waals surface area contributed by atoms with Gasteiger partial charge in [-0.2, -0.15) is 0 Å². The molecule has 4 aromatic rings. The zero-order valence-electron chi connectivity index (χ0n) is 14.4. The Morgan fingerprint density at radius 1 is 1.08 bits per heavy atom. The molecule has 0 spiro atoms. The predicted octanol–water partition coefficient (Wildman–Crippen LogP) is 3.81. The first-order valence-corrected chi connectivity index (χ1v) is 9.70. The number of aromatic amines is 1. The lowest BCUT2D eigenvalue weighted by Crippen LogP contribution is -2.45. The Hall–Kier alpha value is -2.57. The van der Waals surface area contributed by atoms with Crippen molar-refractivity contribution in [2.75, 3.05) is 31.1 Å². The summed E-state index contributed by atoms with van der Waals surface area (Å²) < 4.78 is 1.25. The van der Waals surface area contributed by atoms with Crippen LogP contribution < -0.4 is 4.90 Å². The molecule has 5 nitrogen and oxygen atoms in total. The van der Waals surface area contributed by atoms with E-state index in [1.807, 2.05) is 18.2 Å². The Balaban J connectivity index is 1.28. The Morgan fingerprint density at radius 2 is 1.92 bits per heavy atom. The van der Waals surface area contributed by atoms with E-state index in [9.17, 15) is 5.11 Å². The molecular weight excluding hydrogens is 344 g/mol. The van der Waals surface area contributed by atoms with E-state index in [0.717, 1.165) is 54.3 Å². The highest BCUT2D eigenvalue weighted by molar-refractivity contribution is 7.22. The maximum atomic E-state index is 9.76. The molecule has 0 aliphatic carbocycles. The van der Waals surface area contributed by atoms with Crippen molar-refractivity contribution in [2.45, 2.75) is 6.54 Å². The number of fused-ring (bicyclic) bond motifs is 2. The summed E-state index contributed by atoms with van der Waals surface area (Å²) in [5.41, 5.74) is 3.41. The summed E-state index contributed by atoms with van der Waals surface area (Å²) in [5, 5.41) is 12.0. The summed E-state index contributed by atoms with van der Waals surface area (Å²) in [5.74, 6) is 0.319. The molecule has 1 saturated heterocycles. The van der Waals surface area contributed by atoms with Gasteiger partial charge in [0.2, 0.25) is 0 Å². The first kappa shape index (κ1) is 15.7. The summed E-state index contributed by atoms with van der Waals surface area (Å²) in [6.07, 6.45) is 2.06. The molecule has 1 aliphatic heterocycles. The van der Waals surface area contributed by atoms with E-state index in [1.54, 1.807) is 17.4 Å². The first-order chi connectivity index (χ1) is 12.8. The van der Waals surface area contributed by atoms with Gasteiger partial charge >= 0.3 is 0 Å². The van der Waals surface area contributed by atoms with Crippen LogP contribution in [0, 0.1) is 0 Å². The maximum Gasteiger partial charge on any atom is 0.186 e. The lowest BCUT2D eigenvalue weighted by molar-refractivity contribution is 0.250. The third-order valence-corrected chi connectivity index (χ3v) is 6.17. The summed E-state index contributed by atoms with van der Waals surface area (Å²) >= 11 is 1.78. The Labute approximate surface area is 155 Å². The molecule has 3 heterocycles. The summed E-state index contributed by atoms with van der Waals surface area (Å²) in [7, 11) is 0. The van der Waals surface area contributed by atoms with E-state index in [2.05, 4.69) is 39.2 Å². The van der Waals surface area contributed by atoms with Gasteiger partial charge in [0.25, 0.3) is 0 Å². The van der Waals surface area contributed by atoms with Crippen molar-refractivity contribution >= 4 is 37.6 Å². The van der Waals surface area contributed by atoms with E-state index in [0.29, 0.717) is 5.75 Å². The molecule has 26 heavy (non-hydrogen) atoms. The van der Waals surface area contributed by atoms with E-state index in [-0.39, 0.29) is 0 Å². The van der Waals surface area contributed by atoms with E-state index in [1.165, 1.54) is 10.3 Å². The Kier molecular flexibility index (Phi) is 3.80. The van der Waals surface area contributed by atoms with Crippen molar-refractivity contribution in [2.24, 2.45) is 0 Å². The lowest BCUT2D eigenvalue weighted by atomic mass is 10.1. The summed E-state index contributed by atoms with van der Waals surface area (Å²) in [6.45, 7) is 4.92. The van der Waals surface area contributed by atoms with Gasteiger partial charge in [0.15, 0.2) is 5.13 Å². The van der Waals surface area contributed by atoms with Crippen LogP contribution in [0.1, 0.15) is 5.56 Å². The molecular formula is C20H20N4OS. The molecule has 0 saturated carbocycles. The number of phenolic OH excluding ortho intramolecular Hbond substituents is 1. The fourth-order valence-electron chi connectivity index (χ4n) is 3.63. The SMILES string of the molecule is Oc1ccc2[nH]cc(CN3CCN(c4nc5ccccc5s4)CC3)c2c1. The minimum Gasteiger partial charge on any atom is -0.508 e. The number of phenols is 1. The second-order valence-corrected chi connectivity index (χ2v) is 7.78. The molecule has 0 atom stereocenters. The molecule has 0 radical (unpaired) electrons. The lowest BCUT2D eigenvalue weighted by Gasteiger charge is -2.34. The zero-order chi connectivity index (χ0) is 17.5. The molecule has 132 valence electrons. The van der Waals surface area contributed by atoms with Crippen LogP contribution in [-0.4, -0.2) is 46.2 Å². The average molecular weight is 364 g/mol. The van der Waals surface area contributed by atoms with Crippen molar-refractivity contribution in [3.8, 4) is 5.75 Å². The van der Waals surface area contributed by atoms with E-state index < -0.39 is 0 Å². The smallest absolute Gasteiger partial charge is 0.186 e. The van der Waals surface area contributed by atoms with Crippen molar-refractivity contribution in [3.63, 3.8) is 0 Å². The maximum absolute atomic E-state index is 9.76. The van der Waals surface area contributed by atoms with Crippen molar-refractivity contribution in [1.82, 2.24) is 14.9 Å². The monoisotopic (exact) mass is 364 g/mol. The number of anilines is 1. The van der Waals surface area contributed by atoms with Crippen LogP contribution in [0.4, 0.5) is 5.13 Å². The number of benzene rings is 2. The van der Waals surface area contributed by atoms with Gasteiger partial charge in [-0.05, 0) is 35.9 Å². The number of thiazole rings is 1. The van der Waals surface area contributed by atoms with Crippen LogP contribution in [0.5, 0.6) is 5.75 Å². The molecule has 6 heteroatoms. The fourth-order valence-corrected chi connectivity index (χ4v) is 4.65. The van der Waals surface area contributed by atoms with Crippen LogP contribution in [-0.2, 0) is 6.54 Å². The molecule has 1 fully saturated rings. The van der Waals surface area contributed by atoms with Gasteiger partial charge in [-0.3, -0.25) is 4.90 Å². The molecule has 2 aromatic heterocycles. The number of hydrogen-bond donors (Lipinski definition) is 2. The molecule has 0 unspecified atom stereocenters. The highest BCUT2D eigenvalue weighted by atomic mass is 32.1. The van der Waals surface area contributed by atoms with Crippen LogP contribution in [0.3, 0.4) is 0 Å². The Bertz CT molecular complexity index is 1030. The second-order valence-electron chi connectivity index (χ2n) is 6.77. The first-order valence-electron chi connectivity index (χ1n) is 8.88. The van der Waals surface area contributed by atoms with E-state index >= 15 is 0 Å². The molecule has 0 amide bonds. The van der Waals surface area contributed by atoms with Gasteiger partial charge < -0.3 is 15.0 Å². The molecule has 0 bridgehead atoms. The number of piperazine rings is 1. The quantitative estimate of drug-likeness (QED) is 0.580. The Morgan fingerprint density at radius 3 is 2.77 bits per heavy atom. The number of nitrogens with zero attached hydrogens (tertiary/aromatic N) is 3. The third kappa shape index (κ3) is 2.81. The van der Waals surface area contributed by atoms with Crippen LogP contribution >= 0.6 is 11.3 Å². The van der Waals surface area contributed by atoms with Gasteiger partial charge in [0.05, 0.1) is 10.2 Å². The van der Waals surface area contributed by atoms with Gasteiger partial charge in [-0.25, -0.2) is 4.98 Å². The summed E-state index contributed by atoms with van der Waals surface area (Å²) in [6, 6.07) is 13.8. The van der Waals surface area contributed by atoms with Gasteiger partial charge in [-0.15, -0.1) is 0 Å². The number of H-pyrrole nitrogens is 1. The van der Waals surface area contributed by atoms with Crippen molar-refractivity contribution in [3.05, 3.63) is 54.2 Å². The number of aromatic hydroxyl groups is 1. The fraction of sp³-hybridized carbons (Fsp3) is 0.250. The number of para-hydroxylation sites is 1. The highest BCUT2D eigenvalue weighted by Gasteiger charge is 2.20.